The van der Waals surface area contributed by atoms with Crippen LogP contribution in [0.25, 0.3) is 6.08 Å². The van der Waals surface area contributed by atoms with Gasteiger partial charge >= 0.3 is 0 Å². The van der Waals surface area contributed by atoms with Crippen LogP contribution in [-0.4, -0.2) is 38.0 Å². The van der Waals surface area contributed by atoms with Crippen LogP contribution in [0.4, 0.5) is 10.1 Å². The fourth-order valence-corrected chi connectivity index (χ4v) is 5.65. The number of methoxy groups -OCH3 is 2. The molecule has 4 atom stereocenters. The average molecular weight is 498 g/mol. The molecule has 0 spiro atoms. The minimum atomic E-state index is -1.82. The van der Waals surface area contributed by atoms with E-state index in [0.717, 1.165) is 0 Å². The number of nitriles is 1. The highest BCUT2D eigenvalue weighted by atomic mass is 19.1. The SMILES string of the molecule is COc1ccc([C@@H]2[C@H](C(=O)c3ccccc3)N3c4ccc(F)cc4C=C[C@@H]3[C@@]2(C#N)C(N)=O)cc1OC. The van der Waals surface area contributed by atoms with Crippen molar-refractivity contribution < 1.29 is 23.5 Å². The third-order valence-electron chi connectivity index (χ3n) is 7.28. The van der Waals surface area contributed by atoms with Crippen LogP contribution in [0.5, 0.6) is 11.5 Å². The number of fused-ring (bicyclic) bond motifs is 3. The third-order valence-corrected chi connectivity index (χ3v) is 7.28. The lowest BCUT2D eigenvalue weighted by atomic mass is 9.67. The number of hydrogen-bond acceptors (Lipinski definition) is 6. The minimum Gasteiger partial charge on any atom is -0.493 e. The van der Waals surface area contributed by atoms with Gasteiger partial charge in [-0.1, -0.05) is 48.6 Å². The second-order valence-corrected chi connectivity index (χ2v) is 9.03. The van der Waals surface area contributed by atoms with Crippen LogP contribution >= 0.6 is 0 Å². The Bertz CT molecular complexity index is 1470. The van der Waals surface area contributed by atoms with E-state index in [9.17, 15) is 19.2 Å². The number of benzene rings is 3. The monoisotopic (exact) mass is 497 g/mol. The molecule has 7 nitrogen and oxygen atoms in total. The molecule has 2 aliphatic rings. The van der Waals surface area contributed by atoms with Crippen LogP contribution in [0.15, 0.2) is 72.8 Å². The number of anilines is 1. The van der Waals surface area contributed by atoms with Crippen molar-refractivity contribution in [3.8, 4) is 17.6 Å². The van der Waals surface area contributed by atoms with E-state index < -0.39 is 35.1 Å². The molecule has 186 valence electrons. The molecule has 1 fully saturated rings. The smallest absolute Gasteiger partial charge is 0.241 e. The molecular formula is C29H24FN3O4. The molecule has 2 N–H and O–H groups in total. The summed E-state index contributed by atoms with van der Waals surface area (Å²) >= 11 is 0. The summed E-state index contributed by atoms with van der Waals surface area (Å²) in [5, 5.41) is 10.6. The molecule has 1 saturated heterocycles. The van der Waals surface area contributed by atoms with Gasteiger partial charge < -0.3 is 20.1 Å². The first kappa shape index (κ1) is 24.1. The van der Waals surface area contributed by atoms with Gasteiger partial charge in [0, 0.05) is 22.7 Å². The quantitative estimate of drug-likeness (QED) is 0.515. The number of carbonyl (C=O) groups excluding carboxylic acids is 2. The molecule has 3 aromatic rings. The Morgan fingerprint density at radius 1 is 1.03 bits per heavy atom. The fraction of sp³-hybridized carbons (Fsp3) is 0.207. The largest absolute Gasteiger partial charge is 0.493 e. The zero-order valence-electron chi connectivity index (χ0n) is 20.2. The minimum absolute atomic E-state index is 0.297. The van der Waals surface area contributed by atoms with Gasteiger partial charge in [0.05, 0.1) is 26.3 Å². The van der Waals surface area contributed by atoms with Crippen molar-refractivity contribution in [2.24, 2.45) is 11.1 Å². The van der Waals surface area contributed by atoms with Gasteiger partial charge in [0.25, 0.3) is 0 Å². The van der Waals surface area contributed by atoms with Gasteiger partial charge in [0.2, 0.25) is 5.91 Å². The standard InChI is InChI=1S/C29H24FN3O4/c1-36-22-12-8-19(15-23(22)37-2)25-26(27(34)17-6-4-3-5-7-17)33-21-11-10-20(30)14-18(21)9-13-24(33)29(25,16-31)28(32)35/h3-15,24-26H,1-2H3,(H2,32,35)/t24-,25-,26-,29-/m1/s1. The summed E-state index contributed by atoms with van der Waals surface area (Å²) in [4.78, 5) is 29.2. The van der Waals surface area contributed by atoms with Crippen molar-refractivity contribution >= 4 is 23.5 Å². The van der Waals surface area contributed by atoms with Crippen LogP contribution in [0.3, 0.4) is 0 Å². The Hall–Kier alpha value is -4.64. The number of hydrogen-bond donors (Lipinski definition) is 1. The summed E-state index contributed by atoms with van der Waals surface area (Å²) in [5.41, 5.74) is 6.17. The van der Waals surface area contributed by atoms with Crippen molar-refractivity contribution in [1.82, 2.24) is 0 Å². The highest BCUT2D eigenvalue weighted by Gasteiger charge is 2.65. The molecule has 0 bridgehead atoms. The van der Waals surface area contributed by atoms with Crippen LogP contribution in [0.2, 0.25) is 0 Å². The van der Waals surface area contributed by atoms with E-state index in [2.05, 4.69) is 6.07 Å². The van der Waals surface area contributed by atoms with E-state index >= 15 is 0 Å². The van der Waals surface area contributed by atoms with Crippen molar-refractivity contribution in [2.75, 3.05) is 19.1 Å². The Morgan fingerprint density at radius 3 is 2.41 bits per heavy atom. The molecule has 0 saturated carbocycles. The Kier molecular flexibility index (Phi) is 5.92. The van der Waals surface area contributed by atoms with E-state index in [4.69, 9.17) is 15.2 Å². The molecule has 0 aromatic heterocycles. The molecule has 2 heterocycles. The summed E-state index contributed by atoms with van der Waals surface area (Å²) in [6, 6.07) is 18.2. The summed E-state index contributed by atoms with van der Waals surface area (Å²) < 4.78 is 25.0. The van der Waals surface area contributed by atoms with Crippen molar-refractivity contribution in [2.45, 2.75) is 18.0 Å². The summed E-state index contributed by atoms with van der Waals surface area (Å²) in [7, 11) is 2.98. The van der Waals surface area contributed by atoms with E-state index in [1.807, 2.05) is 0 Å². The molecule has 0 radical (unpaired) electrons. The Balaban J connectivity index is 1.82. The van der Waals surface area contributed by atoms with E-state index in [0.29, 0.717) is 33.9 Å². The van der Waals surface area contributed by atoms with Crippen molar-refractivity contribution in [3.63, 3.8) is 0 Å². The summed E-state index contributed by atoms with van der Waals surface area (Å²) in [5.74, 6) is -1.74. The number of ether oxygens (including phenoxy) is 2. The number of nitrogens with zero attached hydrogens (tertiary/aromatic N) is 2. The Labute approximate surface area is 213 Å². The molecular weight excluding hydrogens is 473 g/mol. The Morgan fingerprint density at radius 2 is 1.76 bits per heavy atom. The highest BCUT2D eigenvalue weighted by Crippen LogP contribution is 2.56. The van der Waals surface area contributed by atoms with Gasteiger partial charge in [-0.3, -0.25) is 9.59 Å². The average Bonchev–Trinajstić information content (AvgIpc) is 3.24. The number of rotatable bonds is 6. The molecule has 1 amide bonds. The van der Waals surface area contributed by atoms with Crippen LogP contribution in [0.1, 0.15) is 27.4 Å². The van der Waals surface area contributed by atoms with Gasteiger partial charge in [0.15, 0.2) is 22.7 Å². The van der Waals surface area contributed by atoms with Crippen molar-refractivity contribution in [3.05, 3.63) is 95.3 Å². The first-order chi connectivity index (χ1) is 17.9. The first-order valence-electron chi connectivity index (χ1n) is 11.7. The van der Waals surface area contributed by atoms with Gasteiger partial charge in [-0.05, 0) is 35.9 Å². The lowest BCUT2D eigenvalue weighted by Gasteiger charge is -2.36. The van der Waals surface area contributed by atoms with E-state index in [-0.39, 0.29) is 5.78 Å². The molecule has 5 rings (SSSR count). The van der Waals surface area contributed by atoms with Gasteiger partial charge in [-0.25, -0.2) is 4.39 Å². The predicted molar refractivity (Wildman–Crippen MR) is 136 cm³/mol. The lowest BCUT2D eigenvalue weighted by Crippen LogP contribution is -2.49. The zero-order chi connectivity index (χ0) is 26.3. The molecule has 0 unspecified atom stereocenters. The summed E-state index contributed by atoms with van der Waals surface area (Å²) in [6.45, 7) is 0. The van der Waals surface area contributed by atoms with Gasteiger partial charge in [0.1, 0.15) is 11.9 Å². The fourth-order valence-electron chi connectivity index (χ4n) is 5.65. The highest BCUT2D eigenvalue weighted by molar-refractivity contribution is 6.06. The zero-order valence-corrected chi connectivity index (χ0v) is 20.2. The second-order valence-electron chi connectivity index (χ2n) is 9.03. The van der Waals surface area contributed by atoms with Crippen LogP contribution in [-0.2, 0) is 4.79 Å². The summed E-state index contributed by atoms with van der Waals surface area (Å²) in [6.07, 6.45) is 3.32. The number of carbonyl (C=O) groups is 2. The molecule has 3 aromatic carbocycles. The number of Topliss-reactive ketones (excluding diaryl/α,β-unsaturated/α-hetero) is 1. The van der Waals surface area contributed by atoms with Gasteiger partial charge in [-0.15, -0.1) is 0 Å². The molecule has 0 aliphatic carbocycles. The molecule has 8 heteroatoms. The maximum Gasteiger partial charge on any atom is 0.241 e. The number of ketones is 1. The van der Waals surface area contributed by atoms with Crippen LogP contribution in [0, 0.1) is 22.6 Å². The number of amides is 1. The normalized spacial score (nSPS) is 23.5. The van der Waals surface area contributed by atoms with E-state index in [1.54, 1.807) is 71.6 Å². The maximum atomic E-state index is 14.2. The molecule has 37 heavy (non-hydrogen) atoms. The first-order valence-corrected chi connectivity index (χ1v) is 11.7. The topological polar surface area (TPSA) is 106 Å². The van der Waals surface area contributed by atoms with Crippen LogP contribution < -0.4 is 20.1 Å². The maximum absolute atomic E-state index is 14.2. The number of primary amides is 1. The second kappa shape index (κ2) is 9.10. The van der Waals surface area contributed by atoms with E-state index in [1.165, 1.54) is 26.4 Å². The third kappa shape index (κ3) is 3.54. The van der Waals surface area contributed by atoms with Gasteiger partial charge in [-0.2, -0.15) is 5.26 Å². The molecule has 2 aliphatic heterocycles. The number of nitrogens with two attached hydrogens (primary N) is 1. The van der Waals surface area contributed by atoms with Crippen molar-refractivity contribution in [1.29, 1.82) is 5.26 Å². The lowest BCUT2D eigenvalue weighted by molar-refractivity contribution is -0.125. The predicted octanol–water partition coefficient (Wildman–Crippen LogP) is 4.09. The number of halogens is 1.